The smallest absolute Gasteiger partial charge is 0.334 e. The molecule has 0 aliphatic heterocycles. The van der Waals surface area contributed by atoms with Gasteiger partial charge in [-0.25, -0.2) is 4.79 Å². The highest BCUT2D eigenvalue weighted by Crippen LogP contribution is 2.16. The molecule has 0 bridgehead atoms. The number of ether oxygens (including phenoxy) is 1. The van der Waals surface area contributed by atoms with Crippen LogP contribution in [0.4, 0.5) is 0 Å². The number of benzene rings is 1. The van der Waals surface area contributed by atoms with Crippen molar-refractivity contribution >= 4 is 17.8 Å². The molecule has 0 saturated carbocycles. The average Bonchev–Trinajstić information content (AvgIpc) is 2.39. The van der Waals surface area contributed by atoms with Gasteiger partial charge in [0.1, 0.15) is 0 Å². The first-order chi connectivity index (χ1) is 9.04. The van der Waals surface area contributed by atoms with Gasteiger partial charge in [-0.2, -0.15) is 0 Å². The van der Waals surface area contributed by atoms with E-state index >= 15 is 0 Å². The Morgan fingerprint density at radius 2 is 1.89 bits per heavy atom. The molecule has 0 atom stereocenters. The summed E-state index contributed by atoms with van der Waals surface area (Å²) in [4.78, 5) is 23.1. The maximum Gasteiger partial charge on any atom is 0.334 e. The Labute approximate surface area is 113 Å². The molecule has 100 valence electrons. The van der Waals surface area contributed by atoms with Crippen molar-refractivity contribution in [3.8, 4) is 0 Å². The molecule has 3 nitrogen and oxygen atoms in total. The van der Waals surface area contributed by atoms with E-state index in [1.165, 1.54) is 6.92 Å². The summed E-state index contributed by atoms with van der Waals surface area (Å²) in [6.07, 6.45) is 1.94. The van der Waals surface area contributed by atoms with Crippen LogP contribution < -0.4 is 0 Å². The Kier molecular flexibility index (Phi) is 5.73. The molecule has 0 unspecified atom stereocenters. The molecule has 0 fully saturated rings. The summed E-state index contributed by atoms with van der Waals surface area (Å²) < 4.78 is 5.00. The number of esters is 1. The van der Waals surface area contributed by atoms with Crippen molar-refractivity contribution in [2.75, 3.05) is 6.61 Å². The Morgan fingerprint density at radius 1 is 1.26 bits per heavy atom. The van der Waals surface area contributed by atoms with Crippen molar-refractivity contribution in [3.05, 3.63) is 53.6 Å². The molecule has 1 aromatic carbocycles. The first-order valence-corrected chi connectivity index (χ1v) is 6.16. The lowest BCUT2D eigenvalue weighted by molar-refractivity contribution is -0.138. The lowest BCUT2D eigenvalue weighted by atomic mass is 10.0. The van der Waals surface area contributed by atoms with Gasteiger partial charge in [0, 0.05) is 12.0 Å². The van der Waals surface area contributed by atoms with Crippen LogP contribution in [-0.2, 0) is 14.3 Å². The minimum absolute atomic E-state index is 0.122. The second-order valence-corrected chi connectivity index (χ2v) is 4.14. The molecule has 0 heterocycles. The summed E-state index contributed by atoms with van der Waals surface area (Å²) in [5, 5.41) is 0. The van der Waals surface area contributed by atoms with Crippen molar-refractivity contribution < 1.29 is 14.3 Å². The van der Waals surface area contributed by atoms with E-state index in [0.717, 1.165) is 5.56 Å². The van der Waals surface area contributed by atoms with Crippen LogP contribution in [0.5, 0.6) is 0 Å². The molecule has 19 heavy (non-hydrogen) atoms. The first-order valence-electron chi connectivity index (χ1n) is 6.16. The summed E-state index contributed by atoms with van der Waals surface area (Å²) in [5.41, 5.74) is 1.73. The summed E-state index contributed by atoms with van der Waals surface area (Å²) in [6.45, 7) is 7.17. The van der Waals surface area contributed by atoms with E-state index in [1.54, 1.807) is 13.0 Å². The molecule has 0 aliphatic rings. The van der Waals surface area contributed by atoms with Gasteiger partial charge in [-0.1, -0.05) is 36.9 Å². The molecule has 0 radical (unpaired) electrons. The third kappa shape index (κ3) is 4.92. The largest absolute Gasteiger partial charge is 0.463 e. The predicted molar refractivity (Wildman–Crippen MR) is 75.5 cm³/mol. The highest BCUT2D eigenvalue weighted by molar-refractivity contribution is 5.99. The minimum atomic E-state index is -0.409. The lowest BCUT2D eigenvalue weighted by Gasteiger charge is -2.08. The van der Waals surface area contributed by atoms with Crippen LogP contribution in [0.1, 0.15) is 25.8 Å². The molecule has 0 N–H and O–H groups in total. The highest BCUT2D eigenvalue weighted by atomic mass is 16.5. The minimum Gasteiger partial charge on any atom is -0.463 e. The van der Waals surface area contributed by atoms with Gasteiger partial charge in [-0.05, 0) is 31.1 Å². The van der Waals surface area contributed by atoms with Crippen LogP contribution in [0, 0.1) is 0 Å². The zero-order valence-corrected chi connectivity index (χ0v) is 11.3. The fourth-order valence-electron chi connectivity index (χ4n) is 1.51. The van der Waals surface area contributed by atoms with Crippen molar-refractivity contribution in [3.63, 3.8) is 0 Å². The van der Waals surface area contributed by atoms with E-state index in [-0.39, 0.29) is 12.2 Å². The van der Waals surface area contributed by atoms with E-state index in [2.05, 4.69) is 6.58 Å². The van der Waals surface area contributed by atoms with E-state index in [9.17, 15) is 9.59 Å². The van der Waals surface area contributed by atoms with Crippen LogP contribution in [-0.4, -0.2) is 18.4 Å². The lowest BCUT2D eigenvalue weighted by Crippen LogP contribution is -2.10. The van der Waals surface area contributed by atoms with Gasteiger partial charge in [0.15, 0.2) is 5.78 Å². The average molecular weight is 258 g/mol. The monoisotopic (exact) mass is 258 g/mol. The van der Waals surface area contributed by atoms with Gasteiger partial charge in [0.05, 0.1) is 6.61 Å². The van der Waals surface area contributed by atoms with Gasteiger partial charge in [-0.3, -0.25) is 4.79 Å². The number of ketones is 1. The van der Waals surface area contributed by atoms with Gasteiger partial charge < -0.3 is 4.74 Å². The molecule has 3 heteroatoms. The van der Waals surface area contributed by atoms with Crippen molar-refractivity contribution in [1.82, 2.24) is 0 Å². The predicted octanol–water partition coefficient (Wildman–Crippen LogP) is 3.17. The van der Waals surface area contributed by atoms with E-state index in [0.29, 0.717) is 17.8 Å². The number of carbonyl (C=O) groups is 2. The Morgan fingerprint density at radius 3 is 2.42 bits per heavy atom. The standard InChI is InChI=1S/C16H18O3/c1-4-19-16(18)15(10-12(2)13(3)17)11-14-8-6-5-7-9-14/h5-9,11H,2,4,10H2,1,3H3/b15-11+. The van der Waals surface area contributed by atoms with Crippen LogP contribution >= 0.6 is 0 Å². The Balaban J connectivity index is 2.98. The molecular weight excluding hydrogens is 240 g/mol. The van der Waals surface area contributed by atoms with E-state index in [1.807, 2.05) is 30.3 Å². The molecule has 0 aliphatic carbocycles. The summed E-state index contributed by atoms with van der Waals surface area (Å²) >= 11 is 0. The zero-order chi connectivity index (χ0) is 14.3. The quantitative estimate of drug-likeness (QED) is 0.581. The van der Waals surface area contributed by atoms with E-state index in [4.69, 9.17) is 4.74 Å². The van der Waals surface area contributed by atoms with Crippen LogP contribution in [0.3, 0.4) is 0 Å². The number of allylic oxidation sites excluding steroid dienone is 1. The Hall–Kier alpha value is -2.16. The molecular formula is C16H18O3. The topological polar surface area (TPSA) is 43.4 Å². The Bertz CT molecular complexity index is 498. The number of hydrogen-bond acceptors (Lipinski definition) is 3. The molecule has 0 aromatic heterocycles. The van der Waals surface area contributed by atoms with Crippen LogP contribution in [0.25, 0.3) is 6.08 Å². The van der Waals surface area contributed by atoms with Gasteiger partial charge >= 0.3 is 5.97 Å². The third-order valence-electron chi connectivity index (χ3n) is 2.58. The van der Waals surface area contributed by atoms with Gasteiger partial charge in [-0.15, -0.1) is 0 Å². The van der Waals surface area contributed by atoms with E-state index < -0.39 is 5.97 Å². The number of Topliss-reactive ketones (excluding diaryl/α,β-unsaturated/α-hetero) is 1. The normalized spacial score (nSPS) is 10.9. The molecule has 0 saturated heterocycles. The van der Waals surface area contributed by atoms with Gasteiger partial charge in [0.2, 0.25) is 0 Å². The first kappa shape index (κ1) is 14.9. The maximum atomic E-state index is 11.9. The molecule has 0 amide bonds. The fourth-order valence-corrected chi connectivity index (χ4v) is 1.51. The number of carbonyl (C=O) groups excluding carboxylic acids is 2. The van der Waals surface area contributed by atoms with Crippen LogP contribution in [0.15, 0.2) is 48.1 Å². The SMILES string of the molecule is C=C(C/C(=C\c1ccccc1)C(=O)OCC)C(C)=O. The second kappa shape index (κ2) is 7.31. The van der Waals surface area contributed by atoms with Gasteiger partial charge in [0.25, 0.3) is 0 Å². The fraction of sp³-hybridized carbons (Fsp3) is 0.250. The van der Waals surface area contributed by atoms with Crippen LogP contribution in [0.2, 0.25) is 0 Å². The second-order valence-electron chi connectivity index (χ2n) is 4.14. The highest BCUT2D eigenvalue weighted by Gasteiger charge is 2.14. The summed E-state index contributed by atoms with van der Waals surface area (Å²) in [5.74, 6) is -0.531. The summed E-state index contributed by atoms with van der Waals surface area (Å²) in [6, 6.07) is 9.43. The molecule has 0 spiro atoms. The van der Waals surface area contributed by atoms with Crippen molar-refractivity contribution in [2.24, 2.45) is 0 Å². The molecule has 1 aromatic rings. The third-order valence-corrected chi connectivity index (χ3v) is 2.58. The molecule has 1 rings (SSSR count). The number of rotatable bonds is 6. The van der Waals surface area contributed by atoms with Crippen molar-refractivity contribution in [2.45, 2.75) is 20.3 Å². The van der Waals surface area contributed by atoms with Crippen molar-refractivity contribution in [1.29, 1.82) is 0 Å². The number of hydrogen-bond donors (Lipinski definition) is 0. The zero-order valence-electron chi connectivity index (χ0n) is 11.3. The summed E-state index contributed by atoms with van der Waals surface area (Å²) in [7, 11) is 0. The maximum absolute atomic E-state index is 11.9.